The summed E-state index contributed by atoms with van der Waals surface area (Å²) in [6.45, 7) is 7.51. The number of hydrogen-bond donors (Lipinski definition) is 0. The van der Waals surface area contributed by atoms with E-state index >= 15 is 0 Å². The van der Waals surface area contributed by atoms with Gasteiger partial charge in [-0.1, -0.05) is 24.3 Å². The molecule has 1 heterocycles. The maximum Gasteiger partial charge on any atom is 0.401 e. The number of rotatable bonds is 6. The molecular formula is C17H20N2O6. The van der Waals surface area contributed by atoms with Gasteiger partial charge in [0.15, 0.2) is 0 Å². The molecule has 2 aromatic rings. The molecule has 0 N–H and O–H groups in total. The topological polar surface area (TPSA) is 101 Å². The number of nitrogens with zero attached hydrogens (tertiary/aromatic N) is 2. The largest absolute Gasteiger partial charge is 0.460 e. The second-order valence-electron chi connectivity index (χ2n) is 4.69. The molecule has 0 aliphatic heterocycles. The zero-order valence-electron chi connectivity index (χ0n) is 14.4. The van der Waals surface area contributed by atoms with Crippen LogP contribution in [0.3, 0.4) is 0 Å². The van der Waals surface area contributed by atoms with E-state index in [4.69, 9.17) is 9.15 Å². The molecule has 8 nitrogen and oxygen atoms in total. The number of benzene rings is 1. The van der Waals surface area contributed by atoms with E-state index in [0.29, 0.717) is 24.9 Å². The minimum absolute atomic E-state index is 0.141. The van der Waals surface area contributed by atoms with Gasteiger partial charge >= 0.3 is 17.8 Å². The van der Waals surface area contributed by atoms with Crippen LogP contribution in [0.15, 0.2) is 41.3 Å². The quantitative estimate of drug-likeness (QED) is 0.339. The van der Waals surface area contributed by atoms with Crippen LogP contribution in [-0.4, -0.2) is 42.5 Å². The molecule has 0 saturated carbocycles. The molecule has 0 spiro atoms. The molecule has 2 rings (SSSR count). The molecule has 1 aromatic carbocycles. The van der Waals surface area contributed by atoms with Gasteiger partial charge in [0.25, 0.3) is 0 Å². The predicted molar refractivity (Wildman–Crippen MR) is 88.2 cm³/mol. The van der Waals surface area contributed by atoms with Gasteiger partial charge in [0.2, 0.25) is 5.89 Å². The van der Waals surface area contributed by atoms with Gasteiger partial charge < -0.3 is 18.6 Å². The van der Waals surface area contributed by atoms with Crippen molar-refractivity contribution < 1.29 is 28.2 Å². The first-order valence-electron chi connectivity index (χ1n) is 7.33. The Labute approximate surface area is 145 Å². The van der Waals surface area contributed by atoms with Gasteiger partial charge in [0.05, 0.1) is 6.61 Å². The van der Waals surface area contributed by atoms with Crippen LogP contribution in [0.25, 0.3) is 0 Å². The maximum absolute atomic E-state index is 11.5. The first-order chi connectivity index (χ1) is 12.0. The van der Waals surface area contributed by atoms with Gasteiger partial charge in [-0.3, -0.25) is 0 Å². The van der Waals surface area contributed by atoms with E-state index in [1.165, 1.54) is 0 Å². The van der Waals surface area contributed by atoms with Crippen LogP contribution in [-0.2, 0) is 14.3 Å². The minimum Gasteiger partial charge on any atom is -0.460 e. The zero-order chi connectivity index (χ0) is 18.7. The van der Waals surface area contributed by atoms with E-state index < -0.39 is 11.9 Å². The molecule has 25 heavy (non-hydrogen) atoms. The zero-order valence-corrected chi connectivity index (χ0v) is 14.4. The summed E-state index contributed by atoms with van der Waals surface area (Å²) in [5.74, 6) is -0.420. The van der Waals surface area contributed by atoms with Gasteiger partial charge in [-0.15, -0.1) is 10.2 Å². The Balaban J connectivity index is 0.000000299. The van der Waals surface area contributed by atoms with Crippen molar-refractivity contribution in [2.24, 2.45) is 0 Å². The fourth-order valence-electron chi connectivity index (χ4n) is 1.42. The lowest BCUT2D eigenvalue weighted by Gasteiger charge is -2.00. The summed E-state index contributed by atoms with van der Waals surface area (Å²) in [6.07, 6.45) is 1.12. The Bertz CT molecular complexity index is 693. The van der Waals surface area contributed by atoms with Crippen LogP contribution >= 0.6 is 0 Å². The van der Waals surface area contributed by atoms with E-state index in [1.54, 1.807) is 26.2 Å². The molecule has 8 heteroatoms. The van der Waals surface area contributed by atoms with E-state index in [1.807, 2.05) is 19.1 Å². The average molecular weight is 348 g/mol. The summed E-state index contributed by atoms with van der Waals surface area (Å²) in [7, 11) is 1.54. The Morgan fingerprint density at radius 2 is 1.84 bits per heavy atom. The average Bonchev–Trinajstić information content (AvgIpc) is 3.04. The lowest BCUT2D eigenvalue weighted by Crippen LogP contribution is -2.08. The summed E-state index contributed by atoms with van der Waals surface area (Å²) >= 11 is 0. The molecule has 0 aliphatic carbocycles. The molecule has 0 unspecified atom stereocenters. The highest BCUT2D eigenvalue weighted by Gasteiger charge is 2.15. The first-order valence-corrected chi connectivity index (χ1v) is 7.33. The second-order valence-corrected chi connectivity index (χ2v) is 4.69. The first kappa shape index (κ1) is 20.0. The summed E-state index contributed by atoms with van der Waals surface area (Å²) in [5.41, 5.74) is 1.09. The van der Waals surface area contributed by atoms with E-state index in [9.17, 15) is 9.59 Å². The van der Waals surface area contributed by atoms with Gasteiger partial charge in [-0.05, 0) is 19.1 Å². The lowest BCUT2D eigenvalue weighted by atomic mass is 10.2. The van der Waals surface area contributed by atoms with Crippen molar-refractivity contribution >= 4 is 11.9 Å². The number of carbonyl (C=O) groups is 2. The van der Waals surface area contributed by atoms with Gasteiger partial charge in [-0.2, -0.15) is 0 Å². The Morgan fingerprint density at radius 1 is 1.16 bits per heavy atom. The molecule has 0 amide bonds. The number of hydrogen-bond acceptors (Lipinski definition) is 8. The number of methoxy groups -OCH3 is 1. The van der Waals surface area contributed by atoms with Gasteiger partial charge in [-0.25, -0.2) is 9.59 Å². The molecule has 0 bridgehead atoms. The third-order valence-electron chi connectivity index (χ3n) is 2.63. The Hall–Kier alpha value is -3.00. The summed E-state index contributed by atoms with van der Waals surface area (Å²) < 4.78 is 19.2. The molecule has 1 aromatic heterocycles. The van der Waals surface area contributed by atoms with E-state index in [0.717, 1.165) is 11.6 Å². The maximum atomic E-state index is 11.5. The smallest absolute Gasteiger partial charge is 0.401 e. The normalized spacial score (nSPS) is 9.56. The Kier molecular flexibility index (Phi) is 8.59. The lowest BCUT2D eigenvalue weighted by molar-refractivity contribution is -0.138. The van der Waals surface area contributed by atoms with Crippen LogP contribution in [0, 0.1) is 13.8 Å². The summed E-state index contributed by atoms with van der Waals surface area (Å²) in [5, 5.41) is 7.11. The molecule has 134 valence electrons. The number of aromatic nitrogens is 2. The van der Waals surface area contributed by atoms with Crippen LogP contribution in [0.5, 0.6) is 5.75 Å². The third-order valence-corrected chi connectivity index (χ3v) is 2.63. The van der Waals surface area contributed by atoms with Crippen molar-refractivity contribution in [1.82, 2.24) is 10.2 Å². The molecule has 0 atom stereocenters. The van der Waals surface area contributed by atoms with Crippen LogP contribution < -0.4 is 4.74 Å². The van der Waals surface area contributed by atoms with Crippen molar-refractivity contribution in [2.75, 3.05) is 20.3 Å². The minimum atomic E-state index is -0.649. The predicted octanol–water partition coefficient (Wildman–Crippen LogP) is 2.27. The second kappa shape index (κ2) is 10.7. The standard InChI is InChI=1S/C11H10N2O3.C6H10O3/c1-7-3-5-9(6-4-7)16-11(14)10-13-12-8(2)15-10;1-3-6(7)9-5-4-8-2/h3-6H,1-2H3;3H,1,4-5H2,2H3. The highest BCUT2D eigenvalue weighted by Crippen LogP contribution is 2.13. The van der Waals surface area contributed by atoms with Crippen molar-refractivity contribution in [2.45, 2.75) is 13.8 Å². The van der Waals surface area contributed by atoms with Crippen molar-refractivity contribution in [1.29, 1.82) is 0 Å². The van der Waals surface area contributed by atoms with Gasteiger partial charge in [0, 0.05) is 20.1 Å². The van der Waals surface area contributed by atoms with Gasteiger partial charge in [0.1, 0.15) is 12.4 Å². The number of ether oxygens (including phenoxy) is 3. The van der Waals surface area contributed by atoms with E-state index in [-0.39, 0.29) is 5.89 Å². The van der Waals surface area contributed by atoms with Crippen molar-refractivity contribution in [3.05, 3.63) is 54.3 Å². The highest BCUT2D eigenvalue weighted by molar-refractivity contribution is 5.85. The van der Waals surface area contributed by atoms with Crippen LogP contribution in [0.1, 0.15) is 22.1 Å². The third kappa shape index (κ3) is 7.89. The fourth-order valence-corrected chi connectivity index (χ4v) is 1.42. The molecule has 0 aliphatic rings. The number of carbonyl (C=O) groups excluding carboxylic acids is 2. The molecule has 0 saturated heterocycles. The monoisotopic (exact) mass is 348 g/mol. The van der Waals surface area contributed by atoms with Crippen molar-refractivity contribution in [3.63, 3.8) is 0 Å². The molecule has 0 radical (unpaired) electrons. The van der Waals surface area contributed by atoms with E-state index in [2.05, 4.69) is 26.3 Å². The number of aryl methyl sites for hydroxylation is 2. The SMILES string of the molecule is C=CC(=O)OCCOC.Cc1ccc(OC(=O)c2nnc(C)o2)cc1. The fraction of sp³-hybridized carbons (Fsp3) is 0.294. The highest BCUT2D eigenvalue weighted by atomic mass is 16.6. The molecule has 0 fully saturated rings. The Morgan fingerprint density at radius 3 is 2.36 bits per heavy atom. The van der Waals surface area contributed by atoms with Crippen molar-refractivity contribution in [3.8, 4) is 5.75 Å². The summed E-state index contributed by atoms with van der Waals surface area (Å²) in [4.78, 5) is 21.8. The summed E-state index contributed by atoms with van der Waals surface area (Å²) in [6, 6.07) is 7.11. The molecular weight excluding hydrogens is 328 g/mol. The van der Waals surface area contributed by atoms with Crippen LogP contribution in [0.2, 0.25) is 0 Å². The number of esters is 2. The van der Waals surface area contributed by atoms with Crippen LogP contribution in [0.4, 0.5) is 0 Å².